The molecule has 0 amide bonds. The quantitative estimate of drug-likeness (QED) is 0.653. The van der Waals surface area contributed by atoms with Gasteiger partial charge in [0.2, 0.25) is 0 Å². The zero-order valence-electron chi connectivity index (χ0n) is 10.7. The molecule has 0 bridgehead atoms. The molecule has 1 rings (SSSR count). The van der Waals surface area contributed by atoms with E-state index in [0.717, 1.165) is 19.4 Å². The van der Waals surface area contributed by atoms with Gasteiger partial charge in [-0.1, -0.05) is 25.7 Å². The summed E-state index contributed by atoms with van der Waals surface area (Å²) in [5.41, 5.74) is 6.16. The first kappa shape index (κ1) is 13.9. The van der Waals surface area contributed by atoms with Crippen LogP contribution in [0.2, 0.25) is 0 Å². The van der Waals surface area contributed by atoms with E-state index in [9.17, 15) is 0 Å². The van der Waals surface area contributed by atoms with E-state index in [2.05, 4.69) is 11.9 Å². The molecule has 1 fully saturated rings. The number of aliphatic hydroxyl groups is 1. The highest BCUT2D eigenvalue weighted by Gasteiger charge is 2.24. The van der Waals surface area contributed by atoms with Gasteiger partial charge in [0, 0.05) is 18.7 Å². The predicted octanol–water partition coefficient (Wildman–Crippen LogP) is 1.74. The van der Waals surface area contributed by atoms with Crippen molar-refractivity contribution in [3.63, 3.8) is 0 Å². The molecule has 0 aromatic carbocycles. The third kappa shape index (κ3) is 4.81. The third-order valence-electron chi connectivity index (χ3n) is 3.77. The molecule has 0 aliphatic heterocycles. The summed E-state index contributed by atoms with van der Waals surface area (Å²) in [6.45, 7) is 1.49. The van der Waals surface area contributed by atoms with Crippen molar-refractivity contribution in [2.45, 2.75) is 63.5 Å². The van der Waals surface area contributed by atoms with Crippen molar-refractivity contribution in [3.8, 4) is 0 Å². The fourth-order valence-electron chi connectivity index (χ4n) is 2.68. The summed E-state index contributed by atoms with van der Waals surface area (Å²) >= 11 is 0. The number of hydrogen-bond donors (Lipinski definition) is 2. The van der Waals surface area contributed by atoms with Crippen LogP contribution >= 0.6 is 0 Å². The summed E-state index contributed by atoms with van der Waals surface area (Å²) in [6.07, 6.45) is 9.68. The van der Waals surface area contributed by atoms with E-state index >= 15 is 0 Å². The molecule has 3 nitrogen and oxygen atoms in total. The lowest BCUT2D eigenvalue weighted by molar-refractivity contribution is 0.166. The maximum atomic E-state index is 8.69. The Morgan fingerprint density at radius 3 is 2.50 bits per heavy atom. The molecule has 2 unspecified atom stereocenters. The number of nitrogens with zero attached hydrogens (tertiary/aromatic N) is 1. The molecule has 1 aliphatic rings. The fourth-order valence-corrected chi connectivity index (χ4v) is 2.68. The second-order valence-corrected chi connectivity index (χ2v) is 5.13. The number of rotatable bonds is 7. The Morgan fingerprint density at radius 1 is 1.12 bits per heavy atom. The zero-order valence-corrected chi connectivity index (χ0v) is 10.7. The Morgan fingerprint density at radius 2 is 1.81 bits per heavy atom. The molecule has 0 spiro atoms. The summed E-state index contributed by atoms with van der Waals surface area (Å²) in [7, 11) is 2.21. The van der Waals surface area contributed by atoms with Gasteiger partial charge in [-0.25, -0.2) is 0 Å². The van der Waals surface area contributed by atoms with Crippen molar-refractivity contribution in [2.75, 3.05) is 20.2 Å². The predicted molar refractivity (Wildman–Crippen MR) is 68.4 cm³/mol. The van der Waals surface area contributed by atoms with Crippen LogP contribution < -0.4 is 5.73 Å². The highest BCUT2D eigenvalue weighted by molar-refractivity contribution is 4.84. The smallest absolute Gasteiger partial charge is 0.0431 e. The Kier molecular flexibility index (Phi) is 7.01. The van der Waals surface area contributed by atoms with E-state index in [1.54, 1.807) is 0 Å². The Bertz CT molecular complexity index is 175. The van der Waals surface area contributed by atoms with Crippen molar-refractivity contribution >= 4 is 0 Å². The van der Waals surface area contributed by atoms with Crippen molar-refractivity contribution in [1.82, 2.24) is 4.90 Å². The van der Waals surface area contributed by atoms with Gasteiger partial charge < -0.3 is 15.7 Å². The van der Waals surface area contributed by atoms with Crippen molar-refractivity contribution in [2.24, 2.45) is 5.73 Å². The average molecular weight is 228 g/mol. The van der Waals surface area contributed by atoms with Crippen LogP contribution in [0.25, 0.3) is 0 Å². The second kappa shape index (κ2) is 8.04. The number of likely N-dealkylation sites (N-methyl/N-ethyl adjacent to an activating group) is 1. The largest absolute Gasteiger partial charge is 0.396 e. The van der Waals surface area contributed by atoms with E-state index in [-0.39, 0.29) is 0 Å². The van der Waals surface area contributed by atoms with Crippen LogP contribution in [0.4, 0.5) is 0 Å². The standard InChI is InChI=1S/C13H28N2O/c1-15(10-6-2-3-7-11-16)13-9-5-4-8-12(13)14/h12-13,16H,2-11,14H2,1H3. The van der Waals surface area contributed by atoms with Gasteiger partial charge in [-0.15, -0.1) is 0 Å². The van der Waals surface area contributed by atoms with Gasteiger partial charge >= 0.3 is 0 Å². The molecule has 16 heavy (non-hydrogen) atoms. The van der Waals surface area contributed by atoms with Gasteiger partial charge in [-0.05, 0) is 39.3 Å². The summed E-state index contributed by atoms with van der Waals surface area (Å²) in [4.78, 5) is 2.45. The topological polar surface area (TPSA) is 49.5 Å². The summed E-state index contributed by atoms with van der Waals surface area (Å²) in [5, 5.41) is 8.69. The molecule has 96 valence electrons. The minimum atomic E-state index is 0.337. The molecule has 0 radical (unpaired) electrons. The highest BCUT2D eigenvalue weighted by Crippen LogP contribution is 2.21. The zero-order chi connectivity index (χ0) is 11.8. The van der Waals surface area contributed by atoms with E-state index in [0.29, 0.717) is 18.7 Å². The van der Waals surface area contributed by atoms with Crippen LogP contribution in [-0.2, 0) is 0 Å². The lowest BCUT2D eigenvalue weighted by Crippen LogP contribution is -2.48. The first-order chi connectivity index (χ1) is 7.75. The van der Waals surface area contributed by atoms with Crippen LogP contribution in [0, 0.1) is 0 Å². The summed E-state index contributed by atoms with van der Waals surface area (Å²) < 4.78 is 0. The maximum absolute atomic E-state index is 8.69. The van der Waals surface area contributed by atoms with E-state index in [1.807, 2.05) is 0 Å². The lowest BCUT2D eigenvalue weighted by Gasteiger charge is -2.36. The second-order valence-electron chi connectivity index (χ2n) is 5.13. The summed E-state index contributed by atoms with van der Waals surface area (Å²) in [6, 6.07) is 0.989. The highest BCUT2D eigenvalue weighted by atomic mass is 16.2. The van der Waals surface area contributed by atoms with Gasteiger partial charge in [0.25, 0.3) is 0 Å². The minimum Gasteiger partial charge on any atom is -0.396 e. The number of nitrogens with two attached hydrogens (primary N) is 1. The molecule has 0 aromatic rings. The molecule has 2 atom stereocenters. The van der Waals surface area contributed by atoms with Crippen LogP contribution in [0.5, 0.6) is 0 Å². The lowest BCUT2D eigenvalue weighted by atomic mass is 9.90. The molecule has 1 saturated carbocycles. The first-order valence-corrected chi connectivity index (χ1v) is 6.82. The fraction of sp³-hybridized carbons (Fsp3) is 1.00. The van der Waals surface area contributed by atoms with Crippen LogP contribution in [0.15, 0.2) is 0 Å². The van der Waals surface area contributed by atoms with Gasteiger partial charge in [-0.3, -0.25) is 0 Å². The summed E-state index contributed by atoms with van der Waals surface area (Å²) in [5.74, 6) is 0. The molecule has 0 heterocycles. The van der Waals surface area contributed by atoms with Crippen LogP contribution in [-0.4, -0.2) is 42.3 Å². The third-order valence-corrected chi connectivity index (χ3v) is 3.77. The molecule has 1 aliphatic carbocycles. The van der Waals surface area contributed by atoms with Crippen LogP contribution in [0.1, 0.15) is 51.4 Å². The van der Waals surface area contributed by atoms with Gasteiger partial charge in [0.05, 0.1) is 0 Å². The molecule has 3 N–H and O–H groups in total. The number of unbranched alkanes of at least 4 members (excludes halogenated alkanes) is 3. The Labute approximate surface area is 100 Å². The Balaban J connectivity index is 2.10. The molecule has 3 heteroatoms. The normalized spacial score (nSPS) is 26.2. The van der Waals surface area contributed by atoms with E-state index < -0.39 is 0 Å². The first-order valence-electron chi connectivity index (χ1n) is 6.82. The van der Waals surface area contributed by atoms with Crippen molar-refractivity contribution < 1.29 is 5.11 Å². The molecule has 0 aromatic heterocycles. The monoisotopic (exact) mass is 228 g/mol. The molecular weight excluding hydrogens is 200 g/mol. The number of aliphatic hydroxyl groups excluding tert-OH is 1. The van der Waals surface area contributed by atoms with Gasteiger partial charge in [0.1, 0.15) is 0 Å². The van der Waals surface area contributed by atoms with Crippen molar-refractivity contribution in [3.05, 3.63) is 0 Å². The SMILES string of the molecule is CN(CCCCCCO)C1CCCCC1N. The van der Waals surface area contributed by atoms with Gasteiger partial charge in [0.15, 0.2) is 0 Å². The van der Waals surface area contributed by atoms with E-state index in [1.165, 1.54) is 38.5 Å². The molecular formula is C13H28N2O. The Hall–Kier alpha value is -0.120. The van der Waals surface area contributed by atoms with E-state index in [4.69, 9.17) is 10.8 Å². The van der Waals surface area contributed by atoms with Gasteiger partial charge in [-0.2, -0.15) is 0 Å². The van der Waals surface area contributed by atoms with Crippen molar-refractivity contribution in [1.29, 1.82) is 0 Å². The van der Waals surface area contributed by atoms with Crippen LogP contribution in [0.3, 0.4) is 0 Å². The average Bonchev–Trinajstić information content (AvgIpc) is 2.29. The number of hydrogen-bond acceptors (Lipinski definition) is 3. The minimum absolute atomic E-state index is 0.337. The molecule has 0 saturated heterocycles. The maximum Gasteiger partial charge on any atom is 0.0431 e.